The average molecular weight is 244 g/mol. The Morgan fingerprint density at radius 1 is 1.50 bits per heavy atom. The van der Waals surface area contributed by atoms with E-state index in [1.54, 1.807) is 12.3 Å². The van der Waals surface area contributed by atoms with Gasteiger partial charge in [-0.25, -0.2) is 4.98 Å². The number of aromatic nitrogens is 1. The van der Waals surface area contributed by atoms with Crippen molar-refractivity contribution in [3.8, 4) is 6.07 Å². The van der Waals surface area contributed by atoms with Crippen molar-refractivity contribution in [1.29, 1.82) is 5.26 Å². The van der Waals surface area contributed by atoms with Gasteiger partial charge in [-0.2, -0.15) is 5.26 Å². The molecule has 2 atom stereocenters. The summed E-state index contributed by atoms with van der Waals surface area (Å²) in [6, 6.07) is 6.23. The molecule has 0 aliphatic carbocycles. The molecule has 3 heterocycles. The third-order valence-corrected chi connectivity index (χ3v) is 3.79. The van der Waals surface area contributed by atoms with Gasteiger partial charge < -0.3 is 9.64 Å². The number of anilines is 1. The smallest absolute Gasteiger partial charge is 0.146 e. The van der Waals surface area contributed by atoms with E-state index in [1.807, 2.05) is 6.07 Å². The minimum atomic E-state index is 0.234. The standard InChI is InChI=1S/C13H16N4O/c1-16-5-6-18-12-9-17(8-11(12)16)13-10(7-14)3-2-4-15-13/h2-4,11-12H,5-6,8-9H2,1H3. The first-order valence-corrected chi connectivity index (χ1v) is 6.21. The summed E-state index contributed by atoms with van der Waals surface area (Å²) in [6.07, 6.45) is 1.97. The molecule has 0 saturated carbocycles. The zero-order valence-corrected chi connectivity index (χ0v) is 10.4. The Bertz CT molecular complexity index is 484. The summed E-state index contributed by atoms with van der Waals surface area (Å²) in [6.45, 7) is 3.47. The Balaban J connectivity index is 1.85. The lowest BCUT2D eigenvalue weighted by Gasteiger charge is -2.33. The van der Waals surface area contributed by atoms with Gasteiger partial charge in [-0.3, -0.25) is 4.90 Å². The van der Waals surface area contributed by atoms with Crippen LogP contribution in [0.4, 0.5) is 5.82 Å². The largest absolute Gasteiger partial charge is 0.373 e. The van der Waals surface area contributed by atoms with Crippen molar-refractivity contribution in [2.45, 2.75) is 12.1 Å². The number of ether oxygens (including phenoxy) is 1. The highest BCUT2D eigenvalue weighted by molar-refractivity contribution is 5.54. The Labute approximate surface area is 107 Å². The topological polar surface area (TPSA) is 52.4 Å². The van der Waals surface area contributed by atoms with Crippen molar-refractivity contribution in [3.05, 3.63) is 23.9 Å². The summed E-state index contributed by atoms with van der Waals surface area (Å²) in [5, 5.41) is 9.13. The van der Waals surface area contributed by atoms with Crippen LogP contribution in [0.1, 0.15) is 5.56 Å². The van der Waals surface area contributed by atoms with Gasteiger partial charge in [0.25, 0.3) is 0 Å². The quantitative estimate of drug-likeness (QED) is 0.719. The van der Waals surface area contributed by atoms with E-state index < -0.39 is 0 Å². The number of likely N-dealkylation sites (N-methyl/N-ethyl adjacent to an activating group) is 1. The van der Waals surface area contributed by atoms with Crippen LogP contribution in [0, 0.1) is 11.3 Å². The highest BCUT2D eigenvalue weighted by Crippen LogP contribution is 2.27. The highest BCUT2D eigenvalue weighted by Gasteiger charge is 2.39. The van der Waals surface area contributed by atoms with E-state index in [4.69, 9.17) is 10.00 Å². The Morgan fingerprint density at radius 2 is 2.39 bits per heavy atom. The van der Waals surface area contributed by atoms with Crippen molar-refractivity contribution in [3.63, 3.8) is 0 Å². The SMILES string of the molecule is CN1CCOC2CN(c3ncccc3C#N)CC21. The number of morpholine rings is 1. The highest BCUT2D eigenvalue weighted by atomic mass is 16.5. The van der Waals surface area contributed by atoms with Gasteiger partial charge in [-0.05, 0) is 19.2 Å². The van der Waals surface area contributed by atoms with Gasteiger partial charge in [0.15, 0.2) is 0 Å². The number of nitriles is 1. The number of nitrogens with zero attached hydrogens (tertiary/aromatic N) is 4. The van der Waals surface area contributed by atoms with E-state index in [2.05, 4.69) is 27.9 Å². The van der Waals surface area contributed by atoms with Gasteiger partial charge in [-0.1, -0.05) is 0 Å². The number of pyridine rings is 1. The van der Waals surface area contributed by atoms with Gasteiger partial charge >= 0.3 is 0 Å². The molecule has 2 fully saturated rings. The summed E-state index contributed by atoms with van der Waals surface area (Å²) >= 11 is 0. The van der Waals surface area contributed by atoms with E-state index in [0.717, 1.165) is 32.1 Å². The molecule has 5 nitrogen and oxygen atoms in total. The van der Waals surface area contributed by atoms with E-state index in [1.165, 1.54) is 0 Å². The van der Waals surface area contributed by atoms with Crippen LogP contribution in [0.5, 0.6) is 0 Å². The molecule has 1 aromatic heterocycles. The van der Waals surface area contributed by atoms with Gasteiger partial charge in [0.2, 0.25) is 0 Å². The van der Waals surface area contributed by atoms with Crippen molar-refractivity contribution >= 4 is 5.82 Å². The molecular formula is C13H16N4O. The Hall–Kier alpha value is -1.64. The summed E-state index contributed by atoms with van der Waals surface area (Å²) < 4.78 is 5.80. The molecule has 5 heteroatoms. The Kier molecular flexibility index (Phi) is 2.90. The fourth-order valence-electron chi connectivity index (χ4n) is 2.77. The van der Waals surface area contributed by atoms with Crippen LogP contribution in [0.3, 0.4) is 0 Å². The predicted octanol–water partition coefficient (Wildman–Crippen LogP) is 0.472. The third kappa shape index (κ3) is 1.84. The maximum absolute atomic E-state index is 9.13. The molecule has 0 aromatic carbocycles. The molecule has 2 unspecified atom stereocenters. The van der Waals surface area contributed by atoms with E-state index in [-0.39, 0.29) is 6.10 Å². The molecular weight excluding hydrogens is 228 g/mol. The van der Waals surface area contributed by atoms with Gasteiger partial charge in [0.1, 0.15) is 11.9 Å². The first-order valence-electron chi connectivity index (χ1n) is 6.21. The van der Waals surface area contributed by atoms with E-state index in [9.17, 15) is 0 Å². The van der Waals surface area contributed by atoms with Crippen molar-refractivity contribution in [2.75, 3.05) is 38.2 Å². The van der Waals surface area contributed by atoms with Crippen molar-refractivity contribution < 1.29 is 4.74 Å². The number of rotatable bonds is 1. The zero-order valence-electron chi connectivity index (χ0n) is 10.4. The predicted molar refractivity (Wildman–Crippen MR) is 67.3 cm³/mol. The number of hydrogen-bond acceptors (Lipinski definition) is 5. The molecule has 1 aromatic rings. The monoisotopic (exact) mass is 244 g/mol. The molecule has 0 radical (unpaired) electrons. The van der Waals surface area contributed by atoms with Gasteiger partial charge in [-0.15, -0.1) is 0 Å². The third-order valence-electron chi connectivity index (χ3n) is 3.79. The second kappa shape index (κ2) is 4.56. The van der Waals surface area contributed by atoms with Crippen LogP contribution in [0.2, 0.25) is 0 Å². The molecule has 2 aliphatic rings. The summed E-state index contributed by atoms with van der Waals surface area (Å²) in [5.74, 6) is 0.784. The average Bonchev–Trinajstić information content (AvgIpc) is 2.84. The second-order valence-electron chi connectivity index (χ2n) is 4.85. The molecule has 0 N–H and O–H groups in total. The maximum atomic E-state index is 9.13. The lowest BCUT2D eigenvalue weighted by atomic mass is 10.1. The van der Waals surface area contributed by atoms with Crippen LogP contribution in [0.25, 0.3) is 0 Å². The minimum Gasteiger partial charge on any atom is -0.373 e. The van der Waals surface area contributed by atoms with Crippen molar-refractivity contribution in [2.24, 2.45) is 0 Å². The maximum Gasteiger partial charge on any atom is 0.146 e. The normalized spacial score (nSPS) is 27.9. The lowest BCUT2D eigenvalue weighted by molar-refractivity contribution is -0.0362. The van der Waals surface area contributed by atoms with Crippen LogP contribution < -0.4 is 4.90 Å². The first kappa shape index (κ1) is 11.5. The molecule has 0 bridgehead atoms. The van der Waals surface area contributed by atoms with Crippen molar-refractivity contribution in [1.82, 2.24) is 9.88 Å². The number of fused-ring (bicyclic) bond motifs is 1. The summed E-state index contributed by atoms with van der Waals surface area (Å²) in [5.41, 5.74) is 0.638. The molecule has 0 amide bonds. The van der Waals surface area contributed by atoms with Gasteiger partial charge in [0, 0.05) is 25.8 Å². The fourth-order valence-corrected chi connectivity index (χ4v) is 2.77. The van der Waals surface area contributed by atoms with Crippen LogP contribution in [-0.4, -0.2) is 55.3 Å². The van der Waals surface area contributed by atoms with Crippen LogP contribution >= 0.6 is 0 Å². The van der Waals surface area contributed by atoms with Gasteiger partial charge in [0.05, 0.1) is 24.3 Å². The van der Waals surface area contributed by atoms with E-state index in [0.29, 0.717) is 11.6 Å². The molecule has 2 saturated heterocycles. The van der Waals surface area contributed by atoms with Crippen LogP contribution in [-0.2, 0) is 4.74 Å². The minimum absolute atomic E-state index is 0.234. The zero-order chi connectivity index (χ0) is 12.5. The Morgan fingerprint density at radius 3 is 3.17 bits per heavy atom. The second-order valence-corrected chi connectivity index (χ2v) is 4.85. The molecule has 94 valence electrons. The molecule has 3 rings (SSSR count). The number of hydrogen-bond donors (Lipinski definition) is 0. The lowest BCUT2D eigenvalue weighted by Crippen LogP contribution is -2.48. The first-order chi connectivity index (χ1) is 8.79. The molecule has 0 spiro atoms. The van der Waals surface area contributed by atoms with Crippen LogP contribution in [0.15, 0.2) is 18.3 Å². The summed E-state index contributed by atoms with van der Waals surface area (Å²) in [7, 11) is 2.13. The molecule has 2 aliphatic heterocycles. The molecule has 18 heavy (non-hydrogen) atoms. The van der Waals surface area contributed by atoms with E-state index >= 15 is 0 Å². The summed E-state index contributed by atoms with van der Waals surface area (Å²) in [4.78, 5) is 8.84. The fraction of sp³-hybridized carbons (Fsp3) is 0.538.